The molecule has 4 nitrogen and oxygen atoms in total. The van der Waals surface area contributed by atoms with E-state index in [1.807, 2.05) is 6.92 Å². The molecule has 4 heteroatoms. The van der Waals surface area contributed by atoms with Gasteiger partial charge in [0.25, 0.3) is 0 Å². The fourth-order valence-electron chi connectivity index (χ4n) is 1.13. The molecule has 0 saturated carbocycles. The van der Waals surface area contributed by atoms with Crippen LogP contribution in [0.25, 0.3) is 0 Å². The lowest BCUT2D eigenvalue weighted by atomic mass is 10.3. The number of ether oxygens (including phenoxy) is 2. The van der Waals surface area contributed by atoms with Crippen LogP contribution in [0.5, 0.6) is 0 Å². The summed E-state index contributed by atoms with van der Waals surface area (Å²) in [5, 5.41) is 12.6. The highest BCUT2D eigenvalue weighted by molar-refractivity contribution is 4.57. The Morgan fingerprint density at radius 3 is 2.57 bits per heavy atom. The SMILES string of the molecule is CCCCNC(C)(O)OC(C)OCC. The van der Waals surface area contributed by atoms with Gasteiger partial charge >= 0.3 is 0 Å². The molecule has 2 unspecified atom stereocenters. The standard InChI is InChI=1S/C10H23NO3/c1-5-7-8-11-10(4,12)14-9(3)13-6-2/h9,11-12H,5-8H2,1-4H3. The van der Waals surface area contributed by atoms with E-state index in [-0.39, 0.29) is 0 Å². The fourth-order valence-corrected chi connectivity index (χ4v) is 1.13. The molecule has 0 aromatic heterocycles. The van der Waals surface area contributed by atoms with Crippen LogP contribution in [0.4, 0.5) is 0 Å². The van der Waals surface area contributed by atoms with Gasteiger partial charge in [-0.05, 0) is 20.3 Å². The van der Waals surface area contributed by atoms with Gasteiger partial charge in [-0.1, -0.05) is 13.3 Å². The predicted octanol–water partition coefficient (Wildman–Crippen LogP) is 1.44. The monoisotopic (exact) mass is 205 g/mol. The van der Waals surface area contributed by atoms with Crippen LogP contribution in [-0.2, 0) is 9.47 Å². The van der Waals surface area contributed by atoms with Crippen LogP contribution in [0.1, 0.15) is 40.5 Å². The van der Waals surface area contributed by atoms with E-state index in [4.69, 9.17) is 9.47 Å². The van der Waals surface area contributed by atoms with E-state index in [9.17, 15) is 5.11 Å². The van der Waals surface area contributed by atoms with Crippen molar-refractivity contribution in [2.75, 3.05) is 13.2 Å². The first-order valence-corrected chi connectivity index (χ1v) is 5.28. The molecule has 0 aromatic rings. The molecule has 0 rings (SSSR count). The molecule has 0 heterocycles. The highest BCUT2D eigenvalue weighted by atomic mass is 16.7. The first-order chi connectivity index (χ1) is 6.52. The molecule has 86 valence electrons. The van der Waals surface area contributed by atoms with Gasteiger partial charge in [0.1, 0.15) is 0 Å². The molecule has 0 saturated heterocycles. The molecule has 0 amide bonds. The second-order valence-electron chi connectivity index (χ2n) is 3.40. The Labute approximate surface area is 86.6 Å². The number of hydrogen-bond acceptors (Lipinski definition) is 4. The first-order valence-electron chi connectivity index (χ1n) is 5.28. The summed E-state index contributed by atoms with van der Waals surface area (Å²) in [6.45, 7) is 8.64. The maximum Gasteiger partial charge on any atom is 0.224 e. The first kappa shape index (κ1) is 13.8. The third-order valence-electron chi connectivity index (χ3n) is 1.78. The number of hydrogen-bond donors (Lipinski definition) is 2. The number of unbranched alkanes of at least 4 members (excludes halogenated alkanes) is 1. The summed E-state index contributed by atoms with van der Waals surface area (Å²) in [5.74, 6) is -1.30. The third-order valence-corrected chi connectivity index (χ3v) is 1.78. The van der Waals surface area contributed by atoms with Crippen molar-refractivity contribution in [3.05, 3.63) is 0 Å². The molecule has 0 radical (unpaired) electrons. The van der Waals surface area contributed by atoms with Crippen molar-refractivity contribution < 1.29 is 14.6 Å². The van der Waals surface area contributed by atoms with E-state index < -0.39 is 12.2 Å². The Morgan fingerprint density at radius 1 is 1.43 bits per heavy atom. The summed E-state index contributed by atoms with van der Waals surface area (Å²) in [5.41, 5.74) is 0. The Morgan fingerprint density at radius 2 is 2.07 bits per heavy atom. The Hall–Kier alpha value is -0.160. The predicted molar refractivity (Wildman–Crippen MR) is 55.7 cm³/mol. The van der Waals surface area contributed by atoms with Crippen molar-refractivity contribution >= 4 is 0 Å². The molecule has 14 heavy (non-hydrogen) atoms. The van der Waals surface area contributed by atoms with E-state index in [0.717, 1.165) is 19.4 Å². The fraction of sp³-hybridized carbons (Fsp3) is 1.00. The average Bonchev–Trinajstić information content (AvgIpc) is 2.03. The number of aliphatic hydroxyl groups is 1. The number of rotatable bonds is 8. The zero-order chi connectivity index (χ0) is 11.0. The van der Waals surface area contributed by atoms with Gasteiger partial charge in [0.2, 0.25) is 5.91 Å². The Bertz CT molecular complexity index is 139. The maximum absolute atomic E-state index is 9.72. The molecule has 0 bridgehead atoms. The molecule has 0 aliphatic rings. The lowest BCUT2D eigenvalue weighted by Crippen LogP contribution is -2.47. The largest absolute Gasteiger partial charge is 0.353 e. The summed E-state index contributed by atoms with van der Waals surface area (Å²) in [6, 6.07) is 0. The minimum Gasteiger partial charge on any atom is -0.353 e. The van der Waals surface area contributed by atoms with E-state index in [1.54, 1.807) is 13.8 Å². The van der Waals surface area contributed by atoms with Gasteiger partial charge in [-0.25, -0.2) is 0 Å². The summed E-state index contributed by atoms with van der Waals surface area (Å²) in [7, 11) is 0. The molecule has 0 aliphatic carbocycles. The van der Waals surface area contributed by atoms with E-state index >= 15 is 0 Å². The van der Waals surface area contributed by atoms with Crippen molar-refractivity contribution in [2.45, 2.75) is 52.7 Å². The van der Waals surface area contributed by atoms with Gasteiger partial charge in [-0.3, -0.25) is 5.32 Å². The van der Waals surface area contributed by atoms with E-state index in [1.165, 1.54) is 0 Å². The molecule has 2 N–H and O–H groups in total. The second-order valence-corrected chi connectivity index (χ2v) is 3.40. The van der Waals surface area contributed by atoms with E-state index in [2.05, 4.69) is 12.2 Å². The smallest absolute Gasteiger partial charge is 0.224 e. The highest BCUT2D eigenvalue weighted by Crippen LogP contribution is 2.06. The molecule has 0 fully saturated rings. The minimum atomic E-state index is -1.30. The van der Waals surface area contributed by atoms with Gasteiger partial charge < -0.3 is 14.6 Å². The molecular weight excluding hydrogens is 182 g/mol. The summed E-state index contributed by atoms with van der Waals surface area (Å²) in [6.07, 6.45) is 1.70. The van der Waals surface area contributed by atoms with Crippen molar-refractivity contribution in [1.82, 2.24) is 5.32 Å². The van der Waals surface area contributed by atoms with Crippen molar-refractivity contribution in [3.8, 4) is 0 Å². The summed E-state index contributed by atoms with van der Waals surface area (Å²) < 4.78 is 10.4. The maximum atomic E-state index is 9.72. The van der Waals surface area contributed by atoms with Crippen molar-refractivity contribution in [2.24, 2.45) is 0 Å². The van der Waals surface area contributed by atoms with Gasteiger partial charge in [-0.15, -0.1) is 0 Å². The molecular formula is C10H23NO3. The lowest BCUT2D eigenvalue weighted by molar-refractivity contribution is -0.289. The van der Waals surface area contributed by atoms with Gasteiger partial charge in [0.15, 0.2) is 6.29 Å². The molecule has 0 aromatic carbocycles. The second kappa shape index (κ2) is 7.17. The van der Waals surface area contributed by atoms with Crippen LogP contribution in [-0.4, -0.2) is 30.5 Å². The van der Waals surface area contributed by atoms with Gasteiger partial charge in [0.05, 0.1) is 0 Å². The molecule has 0 spiro atoms. The minimum absolute atomic E-state index is 0.399. The summed E-state index contributed by atoms with van der Waals surface area (Å²) >= 11 is 0. The van der Waals surface area contributed by atoms with Crippen molar-refractivity contribution in [1.29, 1.82) is 0 Å². The zero-order valence-electron chi connectivity index (χ0n) is 9.67. The van der Waals surface area contributed by atoms with Crippen molar-refractivity contribution in [3.63, 3.8) is 0 Å². The topological polar surface area (TPSA) is 50.7 Å². The zero-order valence-corrected chi connectivity index (χ0v) is 9.67. The van der Waals surface area contributed by atoms with Crippen LogP contribution in [0.15, 0.2) is 0 Å². The van der Waals surface area contributed by atoms with Gasteiger partial charge in [-0.2, -0.15) is 0 Å². The van der Waals surface area contributed by atoms with Crippen LogP contribution < -0.4 is 5.32 Å². The van der Waals surface area contributed by atoms with Crippen LogP contribution >= 0.6 is 0 Å². The highest BCUT2D eigenvalue weighted by Gasteiger charge is 2.22. The summed E-state index contributed by atoms with van der Waals surface area (Å²) in [4.78, 5) is 0. The number of nitrogens with one attached hydrogen (secondary N) is 1. The molecule has 0 aliphatic heterocycles. The van der Waals surface area contributed by atoms with Gasteiger partial charge in [0, 0.05) is 20.1 Å². The molecule has 2 atom stereocenters. The average molecular weight is 205 g/mol. The third kappa shape index (κ3) is 7.26. The Balaban J connectivity index is 3.69. The normalized spacial score (nSPS) is 17.8. The quantitative estimate of drug-likeness (QED) is 0.465. The lowest BCUT2D eigenvalue weighted by Gasteiger charge is -2.28. The Kier molecular flexibility index (Phi) is 7.09. The van der Waals surface area contributed by atoms with Crippen LogP contribution in [0.3, 0.4) is 0 Å². The van der Waals surface area contributed by atoms with Crippen LogP contribution in [0.2, 0.25) is 0 Å². The van der Waals surface area contributed by atoms with E-state index in [0.29, 0.717) is 6.61 Å². The van der Waals surface area contributed by atoms with Crippen LogP contribution in [0, 0.1) is 0 Å².